The fourth-order valence-corrected chi connectivity index (χ4v) is 1.25. The first kappa shape index (κ1) is 9.19. The molecule has 0 spiro atoms. The molecule has 0 aromatic heterocycles. The molecule has 1 atom stereocenters. The van der Waals surface area contributed by atoms with Crippen LogP contribution in [0.4, 0.5) is 0 Å². The van der Waals surface area contributed by atoms with Crippen LogP contribution in [0, 0.1) is 0 Å². The van der Waals surface area contributed by atoms with Crippen LogP contribution in [-0.2, 0) is 14.3 Å². The smallest absolute Gasteiger partial charge is 0.326 e. The van der Waals surface area contributed by atoms with Gasteiger partial charge in [-0.25, -0.2) is 0 Å². The van der Waals surface area contributed by atoms with Gasteiger partial charge < -0.3 is 4.74 Å². The minimum atomic E-state index is -0.785. The first-order valence-electron chi connectivity index (χ1n) is 4.02. The summed E-state index contributed by atoms with van der Waals surface area (Å²) in [5.41, 5.74) is -0.785. The highest BCUT2D eigenvalue weighted by Crippen LogP contribution is 2.17. The largest absolute Gasteiger partial charge is 0.465 e. The highest BCUT2D eigenvalue weighted by Gasteiger charge is 2.41. The fraction of sp³-hybridized carbons (Fsp3) is 0.750. The molecular formula is C8H13NO3. The Balaban J connectivity index is 2.60. The van der Waals surface area contributed by atoms with Gasteiger partial charge in [0, 0.05) is 6.42 Å². The van der Waals surface area contributed by atoms with Crippen molar-refractivity contribution in [3.05, 3.63) is 0 Å². The van der Waals surface area contributed by atoms with Crippen LogP contribution in [0.2, 0.25) is 0 Å². The van der Waals surface area contributed by atoms with Crippen LogP contribution < -0.4 is 5.32 Å². The third-order valence-electron chi connectivity index (χ3n) is 1.95. The van der Waals surface area contributed by atoms with E-state index in [4.69, 9.17) is 4.74 Å². The zero-order chi connectivity index (χ0) is 9.19. The Bertz CT molecular complexity index is 214. The maximum Gasteiger partial charge on any atom is 0.326 e. The molecule has 1 aliphatic heterocycles. The van der Waals surface area contributed by atoms with Crippen molar-refractivity contribution < 1.29 is 14.3 Å². The van der Waals surface area contributed by atoms with Gasteiger partial charge in [-0.3, -0.25) is 14.9 Å². The summed E-state index contributed by atoms with van der Waals surface area (Å²) in [6.45, 7) is 4.06. The number of rotatable bonds is 2. The Hall–Kier alpha value is -0.900. The Morgan fingerprint density at radius 2 is 2.42 bits per heavy atom. The van der Waals surface area contributed by atoms with Crippen LogP contribution in [0.1, 0.15) is 20.3 Å². The fourth-order valence-electron chi connectivity index (χ4n) is 1.25. The molecule has 4 nitrogen and oxygen atoms in total. The SMILES string of the molecule is CCOC(=O)C1(C)CC(=O)CN1. The summed E-state index contributed by atoms with van der Waals surface area (Å²) in [7, 11) is 0. The molecule has 1 unspecified atom stereocenters. The molecule has 12 heavy (non-hydrogen) atoms. The maximum absolute atomic E-state index is 11.3. The van der Waals surface area contributed by atoms with Crippen molar-refractivity contribution in [3.63, 3.8) is 0 Å². The van der Waals surface area contributed by atoms with E-state index in [9.17, 15) is 9.59 Å². The molecule has 0 saturated carbocycles. The number of nitrogens with one attached hydrogen (secondary N) is 1. The molecule has 1 N–H and O–H groups in total. The van der Waals surface area contributed by atoms with Crippen molar-refractivity contribution >= 4 is 11.8 Å². The summed E-state index contributed by atoms with van der Waals surface area (Å²) in [4.78, 5) is 22.2. The number of esters is 1. The summed E-state index contributed by atoms with van der Waals surface area (Å²) < 4.78 is 4.82. The van der Waals surface area contributed by atoms with E-state index in [2.05, 4.69) is 5.32 Å². The molecule has 1 saturated heterocycles. The lowest BCUT2D eigenvalue weighted by Crippen LogP contribution is -2.45. The van der Waals surface area contributed by atoms with Crippen molar-refractivity contribution in [1.82, 2.24) is 5.32 Å². The van der Waals surface area contributed by atoms with E-state index >= 15 is 0 Å². The van der Waals surface area contributed by atoms with Gasteiger partial charge in [-0.05, 0) is 13.8 Å². The van der Waals surface area contributed by atoms with Gasteiger partial charge in [-0.2, -0.15) is 0 Å². The zero-order valence-corrected chi connectivity index (χ0v) is 7.35. The van der Waals surface area contributed by atoms with Crippen LogP contribution >= 0.6 is 0 Å². The van der Waals surface area contributed by atoms with Gasteiger partial charge in [0.05, 0.1) is 13.2 Å². The summed E-state index contributed by atoms with van der Waals surface area (Å²) in [5.74, 6) is -0.276. The second-order valence-corrected chi connectivity index (χ2v) is 3.12. The normalized spacial score (nSPS) is 29.0. The zero-order valence-electron chi connectivity index (χ0n) is 7.35. The molecule has 68 valence electrons. The third kappa shape index (κ3) is 1.64. The minimum Gasteiger partial charge on any atom is -0.465 e. The number of hydrogen-bond acceptors (Lipinski definition) is 4. The number of Topliss-reactive ketones (excluding diaryl/α,β-unsaturated/α-hetero) is 1. The molecule has 0 aliphatic carbocycles. The van der Waals surface area contributed by atoms with Crippen molar-refractivity contribution in [2.75, 3.05) is 13.2 Å². The molecule has 0 bridgehead atoms. The van der Waals surface area contributed by atoms with E-state index in [-0.39, 0.29) is 24.7 Å². The molecule has 0 aromatic carbocycles. The van der Waals surface area contributed by atoms with Crippen LogP contribution in [-0.4, -0.2) is 30.4 Å². The average molecular weight is 171 g/mol. The second-order valence-electron chi connectivity index (χ2n) is 3.12. The summed E-state index contributed by atoms with van der Waals surface area (Å²) in [6.07, 6.45) is 0.242. The molecule has 4 heteroatoms. The van der Waals surface area contributed by atoms with Crippen molar-refractivity contribution in [2.45, 2.75) is 25.8 Å². The lowest BCUT2D eigenvalue weighted by molar-refractivity contribution is -0.150. The van der Waals surface area contributed by atoms with Gasteiger partial charge in [-0.1, -0.05) is 0 Å². The van der Waals surface area contributed by atoms with Crippen molar-refractivity contribution in [3.8, 4) is 0 Å². The minimum absolute atomic E-state index is 0.0607. The first-order chi connectivity index (χ1) is 5.58. The number of carbonyl (C=O) groups excluding carboxylic acids is 2. The van der Waals surface area contributed by atoms with E-state index in [1.165, 1.54) is 0 Å². The van der Waals surface area contributed by atoms with Gasteiger partial charge in [0.25, 0.3) is 0 Å². The van der Waals surface area contributed by atoms with E-state index in [0.717, 1.165) is 0 Å². The molecule has 0 radical (unpaired) electrons. The second kappa shape index (κ2) is 3.23. The summed E-state index contributed by atoms with van der Waals surface area (Å²) >= 11 is 0. The monoisotopic (exact) mass is 171 g/mol. The average Bonchev–Trinajstić information content (AvgIpc) is 2.33. The Morgan fingerprint density at radius 1 is 1.75 bits per heavy atom. The summed E-state index contributed by atoms with van der Waals surface area (Å²) in [5, 5.41) is 2.84. The predicted molar refractivity (Wildman–Crippen MR) is 42.7 cm³/mol. The molecule has 1 rings (SSSR count). The van der Waals surface area contributed by atoms with E-state index in [0.29, 0.717) is 6.61 Å². The third-order valence-corrected chi connectivity index (χ3v) is 1.95. The molecular weight excluding hydrogens is 158 g/mol. The molecule has 0 aromatic rings. The highest BCUT2D eigenvalue weighted by molar-refractivity contribution is 5.94. The number of ketones is 1. The highest BCUT2D eigenvalue weighted by atomic mass is 16.5. The molecule has 1 heterocycles. The van der Waals surface area contributed by atoms with Gasteiger partial charge in [-0.15, -0.1) is 0 Å². The van der Waals surface area contributed by atoms with Gasteiger partial charge in [0.2, 0.25) is 0 Å². The topological polar surface area (TPSA) is 55.4 Å². The van der Waals surface area contributed by atoms with E-state index < -0.39 is 5.54 Å². The standard InChI is InChI=1S/C8H13NO3/c1-3-12-7(11)8(2)4-6(10)5-9-8/h9H,3-5H2,1-2H3. The van der Waals surface area contributed by atoms with Crippen LogP contribution in [0.25, 0.3) is 0 Å². The lowest BCUT2D eigenvalue weighted by Gasteiger charge is -2.20. The van der Waals surface area contributed by atoms with Crippen LogP contribution in [0.5, 0.6) is 0 Å². The Morgan fingerprint density at radius 3 is 2.83 bits per heavy atom. The van der Waals surface area contributed by atoms with Gasteiger partial charge >= 0.3 is 5.97 Å². The molecule has 1 fully saturated rings. The van der Waals surface area contributed by atoms with Crippen molar-refractivity contribution in [2.24, 2.45) is 0 Å². The molecule has 1 aliphatic rings. The van der Waals surface area contributed by atoms with E-state index in [1.807, 2.05) is 0 Å². The van der Waals surface area contributed by atoms with Crippen LogP contribution in [0.15, 0.2) is 0 Å². The van der Waals surface area contributed by atoms with Crippen molar-refractivity contribution in [1.29, 1.82) is 0 Å². The van der Waals surface area contributed by atoms with Crippen LogP contribution in [0.3, 0.4) is 0 Å². The van der Waals surface area contributed by atoms with E-state index in [1.54, 1.807) is 13.8 Å². The van der Waals surface area contributed by atoms with Gasteiger partial charge in [0.15, 0.2) is 0 Å². The number of carbonyl (C=O) groups is 2. The maximum atomic E-state index is 11.3. The molecule has 0 amide bonds. The number of ether oxygens (including phenoxy) is 1. The lowest BCUT2D eigenvalue weighted by atomic mass is 10.0. The Labute approximate surface area is 71.3 Å². The van der Waals surface area contributed by atoms with Gasteiger partial charge in [0.1, 0.15) is 11.3 Å². The Kier molecular flexibility index (Phi) is 2.47. The predicted octanol–water partition coefficient (Wildman–Crippen LogP) is -0.129. The first-order valence-corrected chi connectivity index (χ1v) is 4.02. The summed E-state index contributed by atoms with van der Waals surface area (Å²) in [6, 6.07) is 0. The quantitative estimate of drug-likeness (QED) is 0.588. The number of hydrogen-bond donors (Lipinski definition) is 1.